The Labute approximate surface area is 170 Å². The van der Waals surface area contributed by atoms with E-state index in [0.29, 0.717) is 12.1 Å². The van der Waals surface area contributed by atoms with Gasteiger partial charge < -0.3 is 10.1 Å². The Morgan fingerprint density at radius 1 is 1.15 bits per heavy atom. The standard InChI is InChI=1S/C22H27BrN2O2/c1-22(2,19-6-8-20(23)9-7-19)16-24-21(26)18-5-3-4-17(14-18)15-25-10-12-27-13-11-25/h3-9,14H,10-13,15-16H2,1-2H3,(H,24,26). The Bertz CT molecular complexity index is 768. The Hall–Kier alpha value is -1.69. The normalized spacial score (nSPS) is 15.5. The van der Waals surface area contributed by atoms with Crippen LogP contribution in [0.4, 0.5) is 0 Å². The SMILES string of the molecule is CC(C)(CNC(=O)c1cccc(CN2CCOCC2)c1)c1ccc(Br)cc1. The number of carbonyl (C=O) groups excluding carboxylic acids is 1. The minimum absolute atomic E-state index is 0.0241. The summed E-state index contributed by atoms with van der Waals surface area (Å²) in [6, 6.07) is 16.2. The fourth-order valence-corrected chi connectivity index (χ4v) is 3.50. The first-order valence-electron chi connectivity index (χ1n) is 9.37. The molecule has 0 bridgehead atoms. The molecule has 0 saturated carbocycles. The first-order chi connectivity index (χ1) is 12.9. The summed E-state index contributed by atoms with van der Waals surface area (Å²) in [6.07, 6.45) is 0. The maximum atomic E-state index is 12.7. The molecule has 5 heteroatoms. The molecule has 0 aliphatic carbocycles. The smallest absolute Gasteiger partial charge is 0.251 e. The topological polar surface area (TPSA) is 41.6 Å². The number of morpholine rings is 1. The average Bonchev–Trinajstić information content (AvgIpc) is 2.67. The summed E-state index contributed by atoms with van der Waals surface area (Å²) in [5, 5.41) is 3.10. The Kier molecular flexibility index (Phi) is 6.68. The van der Waals surface area contributed by atoms with E-state index in [9.17, 15) is 4.79 Å². The third-order valence-electron chi connectivity index (χ3n) is 5.02. The van der Waals surface area contributed by atoms with Crippen LogP contribution in [0.5, 0.6) is 0 Å². The van der Waals surface area contributed by atoms with Gasteiger partial charge in [-0.25, -0.2) is 0 Å². The van der Waals surface area contributed by atoms with E-state index >= 15 is 0 Å². The lowest BCUT2D eigenvalue weighted by molar-refractivity contribution is 0.0342. The van der Waals surface area contributed by atoms with Crippen molar-refractivity contribution >= 4 is 21.8 Å². The molecule has 0 unspecified atom stereocenters. The van der Waals surface area contributed by atoms with Gasteiger partial charge in [0.15, 0.2) is 0 Å². The molecule has 1 aliphatic rings. The minimum Gasteiger partial charge on any atom is -0.379 e. The van der Waals surface area contributed by atoms with Gasteiger partial charge in [0.1, 0.15) is 0 Å². The molecule has 0 atom stereocenters. The van der Waals surface area contributed by atoms with Crippen molar-refractivity contribution in [3.05, 3.63) is 69.7 Å². The molecule has 3 rings (SSSR count). The van der Waals surface area contributed by atoms with Crippen LogP contribution in [-0.2, 0) is 16.7 Å². The number of benzene rings is 2. The fourth-order valence-electron chi connectivity index (χ4n) is 3.23. The molecule has 2 aromatic rings. The third kappa shape index (κ3) is 5.64. The van der Waals surface area contributed by atoms with E-state index in [1.165, 1.54) is 5.56 Å². The quantitative estimate of drug-likeness (QED) is 0.752. The van der Waals surface area contributed by atoms with Gasteiger partial charge in [-0.2, -0.15) is 0 Å². The molecule has 0 aromatic heterocycles. The number of carbonyl (C=O) groups is 1. The predicted octanol–water partition coefficient (Wildman–Crippen LogP) is 3.99. The second-order valence-electron chi connectivity index (χ2n) is 7.66. The van der Waals surface area contributed by atoms with Gasteiger partial charge in [0.2, 0.25) is 0 Å². The molecular weight excluding hydrogens is 404 g/mol. The zero-order chi connectivity index (χ0) is 19.3. The lowest BCUT2D eigenvalue weighted by Gasteiger charge is -2.27. The number of hydrogen-bond donors (Lipinski definition) is 1. The van der Waals surface area contributed by atoms with Crippen LogP contribution in [-0.4, -0.2) is 43.7 Å². The van der Waals surface area contributed by atoms with E-state index in [0.717, 1.165) is 42.9 Å². The summed E-state index contributed by atoms with van der Waals surface area (Å²) in [5.74, 6) is -0.0241. The van der Waals surface area contributed by atoms with Crippen LogP contribution in [0.3, 0.4) is 0 Å². The van der Waals surface area contributed by atoms with Crippen molar-refractivity contribution in [2.75, 3.05) is 32.8 Å². The zero-order valence-corrected chi connectivity index (χ0v) is 17.6. The summed E-state index contributed by atoms with van der Waals surface area (Å²) in [7, 11) is 0. The van der Waals surface area contributed by atoms with Crippen LogP contribution < -0.4 is 5.32 Å². The highest BCUT2D eigenvalue weighted by atomic mass is 79.9. The number of nitrogens with zero attached hydrogens (tertiary/aromatic N) is 1. The molecule has 1 N–H and O–H groups in total. The summed E-state index contributed by atoms with van der Waals surface area (Å²) in [4.78, 5) is 15.0. The number of nitrogens with one attached hydrogen (secondary N) is 1. The molecule has 144 valence electrons. The molecule has 1 heterocycles. The first-order valence-corrected chi connectivity index (χ1v) is 10.2. The lowest BCUT2D eigenvalue weighted by atomic mass is 9.84. The number of hydrogen-bond acceptors (Lipinski definition) is 3. The molecular formula is C22H27BrN2O2. The number of rotatable bonds is 6. The molecule has 0 spiro atoms. The van der Waals surface area contributed by atoms with Crippen molar-refractivity contribution in [2.45, 2.75) is 25.8 Å². The van der Waals surface area contributed by atoms with Crippen LogP contribution in [0.25, 0.3) is 0 Å². The van der Waals surface area contributed by atoms with E-state index in [1.807, 2.05) is 30.3 Å². The van der Waals surface area contributed by atoms with Crippen molar-refractivity contribution in [3.8, 4) is 0 Å². The van der Waals surface area contributed by atoms with Crippen LogP contribution in [0.2, 0.25) is 0 Å². The third-order valence-corrected chi connectivity index (χ3v) is 5.54. The molecule has 1 aliphatic heterocycles. The van der Waals surface area contributed by atoms with E-state index in [-0.39, 0.29) is 11.3 Å². The van der Waals surface area contributed by atoms with Crippen LogP contribution in [0.1, 0.15) is 35.3 Å². The van der Waals surface area contributed by atoms with E-state index in [2.05, 4.69) is 58.2 Å². The van der Waals surface area contributed by atoms with Gasteiger partial charge in [-0.3, -0.25) is 9.69 Å². The van der Waals surface area contributed by atoms with Crippen molar-refractivity contribution in [1.82, 2.24) is 10.2 Å². The van der Waals surface area contributed by atoms with Gasteiger partial charge >= 0.3 is 0 Å². The maximum Gasteiger partial charge on any atom is 0.251 e. The van der Waals surface area contributed by atoms with E-state index < -0.39 is 0 Å². The summed E-state index contributed by atoms with van der Waals surface area (Å²) >= 11 is 3.47. The molecule has 1 fully saturated rings. The maximum absolute atomic E-state index is 12.7. The van der Waals surface area contributed by atoms with Crippen LogP contribution >= 0.6 is 15.9 Å². The highest BCUT2D eigenvalue weighted by Crippen LogP contribution is 2.24. The monoisotopic (exact) mass is 430 g/mol. The van der Waals surface area contributed by atoms with Crippen LogP contribution in [0.15, 0.2) is 53.0 Å². The van der Waals surface area contributed by atoms with Gasteiger partial charge in [-0.1, -0.05) is 54.0 Å². The summed E-state index contributed by atoms with van der Waals surface area (Å²) in [5.41, 5.74) is 2.94. The van der Waals surface area contributed by atoms with Crippen molar-refractivity contribution < 1.29 is 9.53 Å². The Morgan fingerprint density at radius 2 is 1.85 bits per heavy atom. The van der Waals surface area contributed by atoms with Crippen LogP contribution in [0, 0.1) is 0 Å². The van der Waals surface area contributed by atoms with E-state index in [4.69, 9.17) is 4.74 Å². The molecule has 27 heavy (non-hydrogen) atoms. The average molecular weight is 431 g/mol. The number of halogens is 1. The summed E-state index contributed by atoms with van der Waals surface area (Å²) in [6.45, 7) is 9.18. The largest absolute Gasteiger partial charge is 0.379 e. The second-order valence-corrected chi connectivity index (χ2v) is 8.58. The molecule has 4 nitrogen and oxygen atoms in total. The Morgan fingerprint density at radius 3 is 2.56 bits per heavy atom. The van der Waals surface area contributed by atoms with Crippen molar-refractivity contribution in [2.24, 2.45) is 0 Å². The van der Waals surface area contributed by atoms with Crippen molar-refractivity contribution in [1.29, 1.82) is 0 Å². The summed E-state index contributed by atoms with van der Waals surface area (Å²) < 4.78 is 6.46. The first kappa shape index (κ1) is 20.1. The Balaban J connectivity index is 1.60. The molecule has 1 saturated heterocycles. The highest BCUT2D eigenvalue weighted by Gasteiger charge is 2.22. The zero-order valence-electron chi connectivity index (χ0n) is 16.0. The van der Waals surface area contributed by atoms with Gasteiger partial charge in [-0.15, -0.1) is 0 Å². The molecule has 0 radical (unpaired) electrons. The van der Waals surface area contributed by atoms with Gasteiger partial charge in [-0.05, 0) is 35.4 Å². The molecule has 1 amide bonds. The van der Waals surface area contributed by atoms with Gasteiger partial charge in [0.25, 0.3) is 5.91 Å². The fraction of sp³-hybridized carbons (Fsp3) is 0.409. The van der Waals surface area contributed by atoms with E-state index in [1.54, 1.807) is 0 Å². The van der Waals surface area contributed by atoms with Gasteiger partial charge in [0.05, 0.1) is 13.2 Å². The molecule has 2 aromatic carbocycles. The minimum atomic E-state index is -0.137. The number of amides is 1. The lowest BCUT2D eigenvalue weighted by Crippen LogP contribution is -2.37. The second kappa shape index (κ2) is 9.00. The van der Waals surface area contributed by atoms with Gasteiger partial charge in [0, 0.05) is 41.6 Å². The van der Waals surface area contributed by atoms with Crippen molar-refractivity contribution in [3.63, 3.8) is 0 Å². The highest BCUT2D eigenvalue weighted by molar-refractivity contribution is 9.10. The number of ether oxygens (including phenoxy) is 1. The predicted molar refractivity (Wildman–Crippen MR) is 112 cm³/mol.